The van der Waals surface area contributed by atoms with Crippen LogP contribution in [0.25, 0.3) is 32.1 Å². The number of nitrogen functional groups attached to an aromatic ring is 1. The summed E-state index contributed by atoms with van der Waals surface area (Å²) in [7, 11) is 1.50. The maximum absolute atomic E-state index is 16.9. The second kappa shape index (κ2) is 12.2. The standard InChI is InChI=1S/C32H30F6N6O3S/c1-45-13-21-22(5-7-41-21)47-29-17-9-19(32(36,37)38)24(16-3-4-20(34)27-23(16)18(11-39)28(40)48-27)25(35)26(17)42-30(43-29)46-14-31-6-2-8-44(31)12-15(33)10-31/h3-4,9,15,21-22,41H,2,5-8,10,12-14,40H2,1H3. The number of nitrogens with one attached hydrogen (secondary N) is 1. The summed E-state index contributed by atoms with van der Waals surface area (Å²) in [6, 6.07) is 3.70. The van der Waals surface area contributed by atoms with Crippen LogP contribution in [-0.4, -0.2) is 78.7 Å². The van der Waals surface area contributed by atoms with Gasteiger partial charge in [-0.15, -0.1) is 11.3 Å². The SMILES string of the molecule is COCC1NCCC1Oc1nc(OCC23CCCN2CC(F)C3)nc2c(F)c(-c3ccc(F)c4sc(N)c(C#N)c34)c(C(F)(F)F)cc12. The average molecular weight is 693 g/mol. The number of hydrogen-bond acceptors (Lipinski definition) is 10. The van der Waals surface area contributed by atoms with E-state index in [0.717, 1.165) is 18.6 Å². The summed E-state index contributed by atoms with van der Waals surface area (Å²) in [5.41, 5.74) is 1.77. The van der Waals surface area contributed by atoms with Crippen LogP contribution in [0, 0.1) is 23.0 Å². The van der Waals surface area contributed by atoms with Crippen molar-refractivity contribution in [1.82, 2.24) is 20.2 Å². The third kappa shape index (κ3) is 5.46. The van der Waals surface area contributed by atoms with Crippen molar-refractivity contribution in [2.24, 2.45) is 0 Å². The van der Waals surface area contributed by atoms with Gasteiger partial charge in [0.2, 0.25) is 5.88 Å². The van der Waals surface area contributed by atoms with Gasteiger partial charge in [-0.05, 0) is 50.0 Å². The molecule has 5 heterocycles. The number of benzene rings is 2. The van der Waals surface area contributed by atoms with Crippen LogP contribution in [0.3, 0.4) is 0 Å². The van der Waals surface area contributed by atoms with Gasteiger partial charge in [0.25, 0.3) is 0 Å². The van der Waals surface area contributed by atoms with Crippen molar-refractivity contribution in [3.8, 4) is 29.1 Å². The summed E-state index contributed by atoms with van der Waals surface area (Å²) in [6.45, 7) is 1.69. The van der Waals surface area contributed by atoms with E-state index in [2.05, 4.69) is 15.3 Å². The highest BCUT2D eigenvalue weighted by atomic mass is 32.1. The van der Waals surface area contributed by atoms with E-state index in [1.807, 2.05) is 11.0 Å². The maximum Gasteiger partial charge on any atom is 0.417 e. The molecular weight excluding hydrogens is 662 g/mol. The Morgan fingerprint density at radius 3 is 2.81 bits per heavy atom. The van der Waals surface area contributed by atoms with Crippen molar-refractivity contribution in [1.29, 1.82) is 5.26 Å². The van der Waals surface area contributed by atoms with E-state index in [0.29, 0.717) is 43.3 Å². The largest absolute Gasteiger partial charge is 0.472 e. The van der Waals surface area contributed by atoms with Gasteiger partial charge in [-0.3, -0.25) is 4.90 Å². The third-order valence-electron chi connectivity index (χ3n) is 9.50. The van der Waals surface area contributed by atoms with Crippen molar-refractivity contribution >= 4 is 37.3 Å². The zero-order valence-electron chi connectivity index (χ0n) is 25.6. The quantitative estimate of drug-likeness (QED) is 0.215. The Balaban J connectivity index is 1.43. The lowest BCUT2D eigenvalue weighted by molar-refractivity contribution is -0.137. The lowest BCUT2D eigenvalue weighted by atomic mass is 9.92. The van der Waals surface area contributed by atoms with E-state index in [1.54, 1.807) is 0 Å². The van der Waals surface area contributed by atoms with Gasteiger partial charge in [-0.1, -0.05) is 6.07 Å². The summed E-state index contributed by atoms with van der Waals surface area (Å²) in [4.78, 5) is 10.6. The van der Waals surface area contributed by atoms with E-state index in [4.69, 9.17) is 19.9 Å². The Kier molecular flexibility index (Phi) is 8.30. The minimum Gasteiger partial charge on any atom is -0.472 e. The first-order chi connectivity index (χ1) is 22.9. The number of thiophene rings is 1. The Bertz CT molecular complexity index is 1950. The number of nitriles is 1. The van der Waals surface area contributed by atoms with Crippen molar-refractivity contribution in [3.05, 3.63) is 41.0 Å². The van der Waals surface area contributed by atoms with E-state index < -0.39 is 52.3 Å². The molecule has 254 valence electrons. The first-order valence-electron chi connectivity index (χ1n) is 15.4. The Labute approximate surface area is 274 Å². The molecule has 0 spiro atoms. The molecular formula is C32H30F6N6O3S. The molecule has 3 aliphatic rings. The number of ether oxygens (including phenoxy) is 3. The first-order valence-corrected chi connectivity index (χ1v) is 16.2. The van der Waals surface area contributed by atoms with Crippen LogP contribution in [-0.2, 0) is 10.9 Å². The monoisotopic (exact) mass is 692 g/mol. The second-order valence-electron chi connectivity index (χ2n) is 12.4. The van der Waals surface area contributed by atoms with Gasteiger partial charge in [-0.2, -0.15) is 28.4 Å². The van der Waals surface area contributed by atoms with Crippen molar-refractivity contribution in [2.45, 2.75) is 55.7 Å². The molecule has 0 amide bonds. The van der Waals surface area contributed by atoms with Gasteiger partial charge in [-0.25, -0.2) is 13.2 Å². The normalized spacial score (nSPS) is 24.4. The number of anilines is 1. The van der Waals surface area contributed by atoms with Crippen LogP contribution in [0.2, 0.25) is 0 Å². The molecule has 48 heavy (non-hydrogen) atoms. The molecule has 2 aromatic carbocycles. The van der Waals surface area contributed by atoms with Crippen molar-refractivity contribution in [2.75, 3.05) is 45.7 Å². The molecule has 3 saturated heterocycles. The topological polar surface area (TPSA) is 119 Å². The van der Waals surface area contributed by atoms with Crippen molar-refractivity contribution < 1.29 is 40.6 Å². The number of aromatic nitrogens is 2. The van der Waals surface area contributed by atoms with Gasteiger partial charge in [0.1, 0.15) is 41.3 Å². The molecule has 9 nitrogen and oxygen atoms in total. The fourth-order valence-corrected chi connectivity index (χ4v) is 8.30. The van der Waals surface area contributed by atoms with Gasteiger partial charge >= 0.3 is 12.2 Å². The number of alkyl halides is 4. The molecule has 0 saturated carbocycles. The van der Waals surface area contributed by atoms with E-state index in [9.17, 15) is 27.2 Å². The van der Waals surface area contributed by atoms with Crippen LogP contribution < -0.4 is 20.5 Å². The van der Waals surface area contributed by atoms with Crippen LogP contribution in [0.15, 0.2) is 18.2 Å². The molecule has 0 radical (unpaired) electrons. The number of methoxy groups -OCH3 is 1. The molecule has 0 aliphatic carbocycles. The summed E-state index contributed by atoms with van der Waals surface area (Å²) in [5.74, 6) is -2.56. The van der Waals surface area contributed by atoms with Crippen LogP contribution in [0.5, 0.6) is 11.9 Å². The Morgan fingerprint density at radius 2 is 2.06 bits per heavy atom. The fourth-order valence-electron chi connectivity index (χ4n) is 7.35. The fraction of sp³-hybridized carbons (Fsp3) is 0.469. The predicted molar refractivity (Wildman–Crippen MR) is 166 cm³/mol. The molecule has 4 aromatic rings. The molecule has 0 bridgehead atoms. The lowest BCUT2D eigenvalue weighted by Crippen LogP contribution is -2.43. The smallest absolute Gasteiger partial charge is 0.417 e. The minimum atomic E-state index is -5.12. The summed E-state index contributed by atoms with van der Waals surface area (Å²) < 4.78 is 108. The molecule has 4 atom stereocenters. The molecule has 3 N–H and O–H groups in total. The van der Waals surface area contributed by atoms with Gasteiger partial charge < -0.3 is 25.3 Å². The highest BCUT2D eigenvalue weighted by molar-refractivity contribution is 7.23. The maximum atomic E-state index is 16.9. The van der Waals surface area contributed by atoms with Gasteiger partial charge in [0.05, 0.1) is 39.4 Å². The molecule has 7 rings (SSSR count). The molecule has 4 unspecified atom stereocenters. The second-order valence-corrected chi connectivity index (χ2v) is 13.4. The van der Waals surface area contributed by atoms with Gasteiger partial charge in [0.15, 0.2) is 5.82 Å². The van der Waals surface area contributed by atoms with Crippen LogP contribution in [0.4, 0.5) is 31.3 Å². The number of halogens is 6. The number of rotatable bonds is 8. The number of fused-ring (bicyclic) bond motifs is 3. The number of hydrogen-bond donors (Lipinski definition) is 2. The molecule has 16 heteroatoms. The Hall–Kier alpha value is -3.91. The van der Waals surface area contributed by atoms with E-state index in [1.165, 1.54) is 7.11 Å². The third-order valence-corrected chi connectivity index (χ3v) is 10.5. The zero-order chi connectivity index (χ0) is 34.0. The summed E-state index contributed by atoms with van der Waals surface area (Å²) in [6.07, 6.45) is -4.57. The number of nitrogens with two attached hydrogens (primary N) is 1. The first kappa shape index (κ1) is 32.6. The molecule has 2 aromatic heterocycles. The summed E-state index contributed by atoms with van der Waals surface area (Å²) >= 11 is 0.678. The predicted octanol–water partition coefficient (Wildman–Crippen LogP) is 5.97. The Morgan fingerprint density at radius 1 is 1.25 bits per heavy atom. The average Bonchev–Trinajstić information content (AvgIpc) is 3.79. The van der Waals surface area contributed by atoms with Gasteiger partial charge in [0, 0.05) is 31.0 Å². The van der Waals surface area contributed by atoms with E-state index >= 15 is 4.39 Å². The zero-order valence-corrected chi connectivity index (χ0v) is 26.4. The lowest BCUT2D eigenvalue weighted by Gasteiger charge is -2.31. The van der Waals surface area contributed by atoms with Crippen molar-refractivity contribution in [3.63, 3.8) is 0 Å². The van der Waals surface area contributed by atoms with E-state index in [-0.39, 0.29) is 75.7 Å². The highest BCUT2D eigenvalue weighted by Crippen LogP contribution is 2.48. The molecule has 3 fully saturated rings. The summed E-state index contributed by atoms with van der Waals surface area (Å²) in [5, 5.41) is 12.3. The van der Waals surface area contributed by atoms with Crippen LogP contribution >= 0.6 is 11.3 Å². The number of nitrogens with zero attached hydrogens (tertiary/aromatic N) is 4. The molecule has 3 aliphatic heterocycles. The highest BCUT2D eigenvalue weighted by Gasteiger charge is 2.49. The van der Waals surface area contributed by atoms with Crippen LogP contribution in [0.1, 0.15) is 36.8 Å². The minimum absolute atomic E-state index is 0.0247.